The number of para-hydroxylation sites is 1. The van der Waals surface area contributed by atoms with Crippen LogP contribution in [0.5, 0.6) is 0 Å². The van der Waals surface area contributed by atoms with Crippen LogP contribution in [0, 0.1) is 10.1 Å². The van der Waals surface area contributed by atoms with E-state index in [9.17, 15) is 19.7 Å². The van der Waals surface area contributed by atoms with E-state index in [-0.39, 0.29) is 17.2 Å². The number of aromatic nitrogens is 1. The van der Waals surface area contributed by atoms with E-state index >= 15 is 0 Å². The number of hydrogen-bond donors (Lipinski definition) is 1. The third-order valence-electron chi connectivity index (χ3n) is 3.27. The zero-order chi connectivity index (χ0) is 17.1. The number of amides is 1. The van der Waals surface area contributed by atoms with Gasteiger partial charge in [0.2, 0.25) is 0 Å². The number of nitro benzene ring substituents is 1. The van der Waals surface area contributed by atoms with Crippen LogP contribution >= 0.6 is 11.3 Å². The topological polar surface area (TPSA) is 102 Å². The summed E-state index contributed by atoms with van der Waals surface area (Å²) in [5, 5.41) is 13.3. The van der Waals surface area contributed by atoms with Gasteiger partial charge in [0.1, 0.15) is 0 Å². The Bertz CT molecular complexity index is 918. The van der Waals surface area contributed by atoms with Gasteiger partial charge in [0.15, 0.2) is 5.01 Å². The molecule has 7 nitrogen and oxygen atoms in total. The van der Waals surface area contributed by atoms with Gasteiger partial charge in [-0.1, -0.05) is 24.3 Å². The summed E-state index contributed by atoms with van der Waals surface area (Å²) in [7, 11) is 0. The molecule has 8 heteroatoms. The molecule has 0 fully saturated rings. The number of hydrogen-bond acceptors (Lipinski definition) is 6. The molecule has 24 heavy (non-hydrogen) atoms. The van der Waals surface area contributed by atoms with Gasteiger partial charge in [-0.25, -0.2) is 4.98 Å². The molecule has 0 atom stereocenters. The molecular weight excluding hydrogens is 330 g/mol. The number of ketones is 1. The highest BCUT2D eigenvalue weighted by Gasteiger charge is 2.20. The van der Waals surface area contributed by atoms with Gasteiger partial charge in [-0.2, -0.15) is 0 Å². The number of non-ortho nitro benzene ring substituents is 1. The van der Waals surface area contributed by atoms with Crippen molar-refractivity contribution in [3.8, 4) is 0 Å². The second-order valence-corrected chi connectivity index (χ2v) is 5.96. The zero-order valence-corrected chi connectivity index (χ0v) is 13.1. The minimum atomic E-state index is -0.791. The van der Waals surface area contributed by atoms with Gasteiger partial charge in [-0.05, 0) is 17.7 Å². The minimum Gasteiger partial charge on any atom is -0.345 e. The van der Waals surface area contributed by atoms with Crippen molar-refractivity contribution in [3.63, 3.8) is 0 Å². The molecule has 120 valence electrons. The smallest absolute Gasteiger partial charge is 0.295 e. The molecule has 0 aliphatic heterocycles. The molecule has 3 rings (SSSR count). The van der Waals surface area contributed by atoms with Gasteiger partial charge in [0.25, 0.3) is 17.4 Å². The second kappa shape index (κ2) is 6.55. The van der Waals surface area contributed by atoms with Crippen LogP contribution in [-0.2, 0) is 11.3 Å². The van der Waals surface area contributed by atoms with Gasteiger partial charge in [0, 0.05) is 18.7 Å². The maximum atomic E-state index is 12.1. The Balaban J connectivity index is 1.69. The summed E-state index contributed by atoms with van der Waals surface area (Å²) >= 11 is 1.15. The summed E-state index contributed by atoms with van der Waals surface area (Å²) in [6, 6.07) is 13.1. The SMILES string of the molecule is O=C(NCc1cccc([N+](=O)[O-])c1)C(=O)c1nc2ccccc2s1. The Morgan fingerprint density at radius 3 is 2.71 bits per heavy atom. The number of nitrogens with zero attached hydrogens (tertiary/aromatic N) is 2. The summed E-state index contributed by atoms with van der Waals surface area (Å²) in [4.78, 5) is 38.5. The fourth-order valence-electron chi connectivity index (χ4n) is 2.11. The molecule has 3 aromatic rings. The van der Waals surface area contributed by atoms with E-state index in [0.717, 1.165) is 16.0 Å². The summed E-state index contributed by atoms with van der Waals surface area (Å²) in [5.41, 5.74) is 1.13. The molecule has 1 amide bonds. The van der Waals surface area contributed by atoms with Crippen molar-refractivity contribution in [1.82, 2.24) is 10.3 Å². The lowest BCUT2D eigenvalue weighted by atomic mass is 10.2. The molecule has 0 saturated heterocycles. The van der Waals surface area contributed by atoms with E-state index in [1.54, 1.807) is 18.2 Å². The molecular formula is C16H11N3O4S. The predicted molar refractivity (Wildman–Crippen MR) is 88.9 cm³/mol. The average molecular weight is 341 g/mol. The first-order valence-electron chi connectivity index (χ1n) is 6.96. The van der Waals surface area contributed by atoms with E-state index in [2.05, 4.69) is 10.3 Å². The van der Waals surface area contributed by atoms with Gasteiger partial charge in [-0.15, -0.1) is 11.3 Å². The lowest BCUT2D eigenvalue weighted by molar-refractivity contribution is -0.384. The summed E-state index contributed by atoms with van der Waals surface area (Å²) in [6.45, 7) is 0.0249. The van der Waals surface area contributed by atoms with Gasteiger partial charge < -0.3 is 5.32 Å². The van der Waals surface area contributed by atoms with Crippen molar-refractivity contribution >= 4 is 38.9 Å². The van der Waals surface area contributed by atoms with Crippen LogP contribution in [0.15, 0.2) is 48.5 Å². The number of nitro groups is 1. The molecule has 1 N–H and O–H groups in total. The normalized spacial score (nSPS) is 10.5. The fourth-order valence-corrected chi connectivity index (χ4v) is 3.01. The van der Waals surface area contributed by atoms with Crippen LogP contribution in [0.1, 0.15) is 15.4 Å². The molecule has 0 aliphatic rings. The van der Waals surface area contributed by atoms with Crippen molar-refractivity contribution in [1.29, 1.82) is 0 Å². The Labute approximate surface area is 140 Å². The maximum Gasteiger partial charge on any atom is 0.295 e. The van der Waals surface area contributed by atoms with Crippen molar-refractivity contribution in [2.75, 3.05) is 0 Å². The van der Waals surface area contributed by atoms with Crippen LogP contribution in [-0.4, -0.2) is 21.6 Å². The number of Topliss-reactive ketones (excluding diaryl/α,β-unsaturated/α-hetero) is 1. The maximum absolute atomic E-state index is 12.1. The first-order chi connectivity index (χ1) is 11.5. The Hall–Kier alpha value is -3.13. The standard InChI is InChI=1S/C16H11N3O4S/c20-14(16-18-12-6-1-2-7-13(12)24-16)15(21)17-9-10-4-3-5-11(8-10)19(22)23/h1-8H,9H2,(H,17,21). The third-order valence-corrected chi connectivity index (χ3v) is 4.30. The zero-order valence-electron chi connectivity index (χ0n) is 12.3. The number of carbonyl (C=O) groups excluding carboxylic acids is 2. The van der Waals surface area contributed by atoms with Gasteiger partial charge in [-0.3, -0.25) is 19.7 Å². The van der Waals surface area contributed by atoms with Gasteiger partial charge >= 0.3 is 0 Å². The van der Waals surface area contributed by atoms with Crippen molar-refractivity contribution in [2.45, 2.75) is 6.54 Å². The fraction of sp³-hybridized carbons (Fsp3) is 0.0625. The predicted octanol–water partition coefficient (Wildman–Crippen LogP) is 2.70. The van der Waals surface area contributed by atoms with Crippen LogP contribution in [0.4, 0.5) is 5.69 Å². The van der Waals surface area contributed by atoms with Crippen LogP contribution in [0.25, 0.3) is 10.2 Å². The summed E-state index contributed by atoms with van der Waals surface area (Å²) in [6.07, 6.45) is 0. The molecule has 0 saturated carbocycles. The minimum absolute atomic E-state index is 0.0249. The van der Waals surface area contributed by atoms with Gasteiger partial charge in [0.05, 0.1) is 15.1 Å². The van der Waals surface area contributed by atoms with Crippen LogP contribution in [0.3, 0.4) is 0 Å². The first-order valence-corrected chi connectivity index (χ1v) is 7.77. The molecule has 0 aliphatic carbocycles. The lowest BCUT2D eigenvalue weighted by Gasteiger charge is -2.03. The second-order valence-electron chi connectivity index (χ2n) is 4.93. The van der Waals surface area contributed by atoms with Crippen molar-refractivity contribution in [3.05, 3.63) is 69.2 Å². The Morgan fingerprint density at radius 1 is 1.17 bits per heavy atom. The quantitative estimate of drug-likeness (QED) is 0.333. The highest BCUT2D eigenvalue weighted by molar-refractivity contribution is 7.20. The molecule has 0 unspecified atom stereocenters. The number of carbonyl (C=O) groups is 2. The molecule has 2 aromatic carbocycles. The Kier molecular flexibility index (Phi) is 4.30. The lowest BCUT2D eigenvalue weighted by Crippen LogP contribution is -2.30. The van der Waals surface area contributed by atoms with Crippen molar-refractivity contribution < 1.29 is 14.5 Å². The molecule has 1 heterocycles. The Morgan fingerprint density at radius 2 is 1.96 bits per heavy atom. The summed E-state index contributed by atoms with van der Waals surface area (Å²) in [5.74, 6) is -1.51. The monoisotopic (exact) mass is 341 g/mol. The number of rotatable bonds is 5. The van der Waals surface area contributed by atoms with Crippen molar-refractivity contribution in [2.24, 2.45) is 0 Å². The largest absolute Gasteiger partial charge is 0.345 e. The highest BCUT2D eigenvalue weighted by atomic mass is 32.1. The number of thiazole rings is 1. The van der Waals surface area contributed by atoms with E-state index in [1.807, 2.05) is 12.1 Å². The van der Waals surface area contributed by atoms with E-state index in [4.69, 9.17) is 0 Å². The third kappa shape index (κ3) is 3.28. The average Bonchev–Trinajstić information content (AvgIpc) is 3.03. The highest BCUT2D eigenvalue weighted by Crippen LogP contribution is 2.21. The van der Waals surface area contributed by atoms with E-state index < -0.39 is 16.6 Å². The molecule has 0 spiro atoms. The van der Waals surface area contributed by atoms with Crippen LogP contribution in [0.2, 0.25) is 0 Å². The number of fused-ring (bicyclic) bond motifs is 1. The van der Waals surface area contributed by atoms with Crippen LogP contribution < -0.4 is 5.32 Å². The molecule has 0 bridgehead atoms. The molecule has 1 aromatic heterocycles. The van der Waals surface area contributed by atoms with E-state index in [1.165, 1.54) is 18.2 Å². The number of benzene rings is 2. The summed E-state index contributed by atoms with van der Waals surface area (Å²) < 4.78 is 0.826. The first kappa shape index (κ1) is 15.8. The number of nitrogens with one attached hydrogen (secondary N) is 1. The molecule has 0 radical (unpaired) electrons. The van der Waals surface area contributed by atoms with E-state index in [0.29, 0.717) is 11.1 Å².